The van der Waals surface area contributed by atoms with Crippen LogP contribution in [0.2, 0.25) is 0 Å². The average Bonchev–Trinajstić information content (AvgIpc) is 3.01. The highest BCUT2D eigenvalue weighted by molar-refractivity contribution is 7.89. The Hall–Kier alpha value is -3.03. The minimum atomic E-state index is -4.07. The van der Waals surface area contributed by atoms with Crippen molar-refractivity contribution in [2.75, 3.05) is 7.05 Å². The van der Waals surface area contributed by atoms with Crippen molar-refractivity contribution in [3.8, 4) is 11.1 Å². The predicted molar refractivity (Wildman–Crippen MR) is 102 cm³/mol. The van der Waals surface area contributed by atoms with Crippen molar-refractivity contribution in [3.63, 3.8) is 0 Å². The van der Waals surface area contributed by atoms with Crippen LogP contribution >= 0.6 is 0 Å². The highest BCUT2D eigenvalue weighted by Crippen LogP contribution is 2.47. The first kappa shape index (κ1) is 18.3. The molecule has 3 aromatic carbocycles. The molecule has 28 heavy (non-hydrogen) atoms. The van der Waals surface area contributed by atoms with Crippen LogP contribution in [0.4, 0.5) is 4.39 Å². The SMILES string of the molecule is CN(C1c2ccccc2-c2ccccc21)S(=O)(=O)c1ccc(C(=O)O)c(F)c1. The van der Waals surface area contributed by atoms with Gasteiger partial charge in [-0.05, 0) is 40.5 Å². The number of hydrogen-bond acceptors (Lipinski definition) is 3. The molecule has 0 aromatic heterocycles. The molecule has 0 amide bonds. The molecule has 1 aliphatic carbocycles. The van der Waals surface area contributed by atoms with E-state index in [9.17, 15) is 17.6 Å². The molecule has 0 saturated carbocycles. The van der Waals surface area contributed by atoms with Gasteiger partial charge in [-0.15, -0.1) is 0 Å². The number of aromatic carboxylic acids is 1. The molecule has 0 aliphatic heterocycles. The van der Waals surface area contributed by atoms with Crippen LogP contribution in [0.5, 0.6) is 0 Å². The normalized spacial score (nSPS) is 13.4. The fraction of sp³-hybridized carbons (Fsp3) is 0.0952. The molecule has 0 spiro atoms. The molecule has 4 rings (SSSR count). The molecule has 3 aromatic rings. The molecule has 142 valence electrons. The number of carboxylic acid groups (broad SMARTS) is 1. The summed E-state index contributed by atoms with van der Waals surface area (Å²) in [4.78, 5) is 10.7. The molecule has 1 aliphatic rings. The lowest BCUT2D eigenvalue weighted by molar-refractivity contribution is 0.0691. The van der Waals surface area contributed by atoms with Crippen molar-refractivity contribution >= 4 is 16.0 Å². The quantitative estimate of drug-likeness (QED) is 0.724. The van der Waals surface area contributed by atoms with Gasteiger partial charge in [0.05, 0.1) is 16.5 Å². The van der Waals surface area contributed by atoms with Gasteiger partial charge < -0.3 is 5.11 Å². The summed E-state index contributed by atoms with van der Waals surface area (Å²) in [6.07, 6.45) is 0. The summed E-state index contributed by atoms with van der Waals surface area (Å²) in [6, 6.07) is 17.4. The Morgan fingerprint density at radius 2 is 1.50 bits per heavy atom. The van der Waals surface area contributed by atoms with E-state index in [0.29, 0.717) is 0 Å². The number of carboxylic acids is 1. The first-order chi connectivity index (χ1) is 13.3. The van der Waals surface area contributed by atoms with Crippen molar-refractivity contribution in [1.82, 2.24) is 4.31 Å². The second kappa shape index (κ2) is 6.54. The third kappa shape index (κ3) is 2.71. The predicted octanol–water partition coefficient (Wildman–Crippen LogP) is 3.91. The van der Waals surface area contributed by atoms with Crippen LogP contribution in [0.25, 0.3) is 11.1 Å². The summed E-state index contributed by atoms with van der Waals surface area (Å²) < 4.78 is 41.7. The third-order valence-corrected chi connectivity index (χ3v) is 6.83. The molecule has 0 atom stereocenters. The highest BCUT2D eigenvalue weighted by atomic mass is 32.2. The minimum absolute atomic E-state index is 0.292. The van der Waals surface area contributed by atoms with Gasteiger partial charge in [0.25, 0.3) is 0 Å². The van der Waals surface area contributed by atoms with Gasteiger partial charge in [0, 0.05) is 7.05 Å². The van der Waals surface area contributed by atoms with E-state index in [2.05, 4.69) is 0 Å². The van der Waals surface area contributed by atoms with E-state index in [1.165, 1.54) is 11.4 Å². The second-order valence-corrected chi connectivity index (χ2v) is 8.54. The van der Waals surface area contributed by atoms with Gasteiger partial charge in [-0.25, -0.2) is 17.6 Å². The summed E-state index contributed by atoms with van der Waals surface area (Å²) in [5, 5.41) is 8.96. The van der Waals surface area contributed by atoms with E-state index in [0.717, 1.165) is 40.5 Å². The number of rotatable bonds is 4. The van der Waals surface area contributed by atoms with Gasteiger partial charge in [0.1, 0.15) is 5.82 Å². The molecular weight excluding hydrogens is 381 g/mol. The zero-order chi connectivity index (χ0) is 20.1. The van der Waals surface area contributed by atoms with Crippen LogP contribution in [0.3, 0.4) is 0 Å². The van der Waals surface area contributed by atoms with Crippen LogP contribution in [0.15, 0.2) is 71.6 Å². The van der Waals surface area contributed by atoms with Gasteiger partial charge in [-0.1, -0.05) is 48.5 Å². The van der Waals surface area contributed by atoms with Gasteiger partial charge in [-0.2, -0.15) is 4.31 Å². The Balaban J connectivity index is 1.82. The number of hydrogen-bond donors (Lipinski definition) is 1. The molecule has 0 heterocycles. The van der Waals surface area contributed by atoms with Crippen LogP contribution in [-0.4, -0.2) is 30.8 Å². The molecule has 7 heteroatoms. The fourth-order valence-corrected chi connectivity index (χ4v) is 4.99. The van der Waals surface area contributed by atoms with Gasteiger partial charge in [0.15, 0.2) is 0 Å². The Kier molecular flexibility index (Phi) is 4.28. The maximum atomic E-state index is 14.1. The second-order valence-electron chi connectivity index (χ2n) is 6.55. The van der Waals surface area contributed by atoms with Crippen molar-refractivity contribution < 1.29 is 22.7 Å². The zero-order valence-corrected chi connectivity index (χ0v) is 15.7. The molecule has 0 radical (unpaired) electrons. The van der Waals surface area contributed by atoms with Gasteiger partial charge in [0.2, 0.25) is 10.0 Å². The Morgan fingerprint density at radius 3 is 2.00 bits per heavy atom. The van der Waals surface area contributed by atoms with E-state index in [-0.39, 0.29) is 4.90 Å². The molecule has 1 N–H and O–H groups in total. The van der Waals surface area contributed by atoms with Crippen LogP contribution < -0.4 is 0 Å². The summed E-state index contributed by atoms with van der Waals surface area (Å²) in [5.74, 6) is -2.54. The smallest absolute Gasteiger partial charge is 0.338 e. The van der Waals surface area contributed by atoms with E-state index in [4.69, 9.17) is 5.11 Å². The van der Waals surface area contributed by atoms with Crippen LogP contribution in [0, 0.1) is 5.82 Å². The lowest BCUT2D eigenvalue weighted by Gasteiger charge is -2.26. The maximum Gasteiger partial charge on any atom is 0.338 e. The van der Waals surface area contributed by atoms with E-state index in [1.54, 1.807) is 0 Å². The van der Waals surface area contributed by atoms with Crippen LogP contribution in [-0.2, 0) is 10.0 Å². The number of benzene rings is 3. The molecule has 0 fully saturated rings. The lowest BCUT2D eigenvalue weighted by atomic mass is 10.1. The molecule has 0 unspecified atom stereocenters. The van der Waals surface area contributed by atoms with Gasteiger partial charge in [-0.3, -0.25) is 0 Å². The summed E-state index contributed by atoms with van der Waals surface area (Å²) in [5.41, 5.74) is 3.03. The number of nitrogens with zero attached hydrogens (tertiary/aromatic N) is 1. The Labute approximate surface area is 161 Å². The first-order valence-electron chi connectivity index (χ1n) is 8.51. The average molecular weight is 397 g/mol. The third-order valence-electron chi connectivity index (χ3n) is 5.01. The number of fused-ring (bicyclic) bond motifs is 3. The largest absolute Gasteiger partial charge is 0.478 e. The molecule has 0 bridgehead atoms. The van der Waals surface area contributed by atoms with Crippen molar-refractivity contribution in [2.45, 2.75) is 10.9 Å². The van der Waals surface area contributed by atoms with E-state index >= 15 is 0 Å². The fourth-order valence-electron chi connectivity index (χ4n) is 3.66. The highest BCUT2D eigenvalue weighted by Gasteiger charge is 2.37. The molecule has 5 nitrogen and oxygen atoms in total. The van der Waals surface area contributed by atoms with Crippen LogP contribution in [0.1, 0.15) is 27.5 Å². The number of carbonyl (C=O) groups is 1. The van der Waals surface area contributed by atoms with Crippen molar-refractivity contribution in [2.24, 2.45) is 0 Å². The monoisotopic (exact) mass is 397 g/mol. The number of sulfonamides is 1. The van der Waals surface area contributed by atoms with Crippen molar-refractivity contribution in [3.05, 3.63) is 89.2 Å². The van der Waals surface area contributed by atoms with Crippen molar-refractivity contribution in [1.29, 1.82) is 0 Å². The Morgan fingerprint density at radius 1 is 0.964 bits per heavy atom. The maximum absolute atomic E-state index is 14.1. The first-order valence-corrected chi connectivity index (χ1v) is 9.95. The standard InChI is InChI=1S/C21H16FNO4S/c1-23(28(26,27)13-10-11-18(21(24)25)19(22)12-13)20-16-8-4-2-6-14(16)15-7-3-5-9-17(15)20/h2-12,20H,1H3,(H,24,25). The molecular formula is C21H16FNO4S. The topological polar surface area (TPSA) is 74.7 Å². The molecule has 0 saturated heterocycles. The summed E-state index contributed by atoms with van der Waals surface area (Å²) >= 11 is 0. The van der Waals surface area contributed by atoms with Gasteiger partial charge >= 0.3 is 5.97 Å². The zero-order valence-electron chi connectivity index (χ0n) is 14.8. The Bertz CT molecular complexity index is 1160. The minimum Gasteiger partial charge on any atom is -0.478 e. The summed E-state index contributed by atoms with van der Waals surface area (Å²) in [7, 11) is -2.63. The summed E-state index contributed by atoms with van der Waals surface area (Å²) in [6.45, 7) is 0. The van der Waals surface area contributed by atoms with E-state index in [1.807, 2.05) is 48.5 Å². The lowest BCUT2D eigenvalue weighted by Crippen LogP contribution is -2.31. The van der Waals surface area contributed by atoms with E-state index < -0.39 is 33.4 Å². The number of halogens is 1.